The van der Waals surface area contributed by atoms with Crippen molar-refractivity contribution in [2.24, 2.45) is 5.73 Å². The van der Waals surface area contributed by atoms with E-state index in [0.29, 0.717) is 6.04 Å². The summed E-state index contributed by atoms with van der Waals surface area (Å²) < 4.78 is 0. The quantitative estimate of drug-likeness (QED) is 0.495. The minimum absolute atomic E-state index is 0.163. The largest absolute Gasteiger partial charge is 0.328 e. The Morgan fingerprint density at radius 1 is 1.18 bits per heavy atom. The lowest BCUT2D eigenvalue weighted by Crippen LogP contribution is -2.57. The normalized spacial score (nSPS) is 25.4. The SMILES string of the molecule is CNC1(NC)CCC(N)CC1. The van der Waals surface area contributed by atoms with Gasteiger partial charge in [-0.1, -0.05) is 0 Å². The molecule has 3 heteroatoms. The molecule has 0 aromatic heterocycles. The van der Waals surface area contributed by atoms with Gasteiger partial charge in [0.25, 0.3) is 0 Å². The molecule has 1 saturated carbocycles. The van der Waals surface area contributed by atoms with Crippen molar-refractivity contribution in [3.05, 3.63) is 0 Å². The molecule has 0 spiro atoms. The van der Waals surface area contributed by atoms with Crippen LogP contribution in [0.4, 0.5) is 0 Å². The fourth-order valence-electron chi connectivity index (χ4n) is 1.76. The highest BCUT2D eigenvalue weighted by atomic mass is 15.2. The molecule has 0 unspecified atom stereocenters. The second-order valence-corrected chi connectivity index (χ2v) is 3.42. The van der Waals surface area contributed by atoms with E-state index in [1.807, 2.05) is 14.1 Å². The molecule has 0 aliphatic heterocycles. The van der Waals surface area contributed by atoms with Gasteiger partial charge < -0.3 is 16.4 Å². The van der Waals surface area contributed by atoms with Crippen LogP contribution in [0.1, 0.15) is 25.7 Å². The van der Waals surface area contributed by atoms with Crippen molar-refractivity contribution in [3.63, 3.8) is 0 Å². The van der Waals surface area contributed by atoms with Crippen LogP contribution in [0.15, 0.2) is 0 Å². The summed E-state index contributed by atoms with van der Waals surface area (Å²) in [6.45, 7) is 0. The van der Waals surface area contributed by atoms with Crippen molar-refractivity contribution in [1.82, 2.24) is 10.6 Å². The Labute approximate surface area is 68.7 Å². The maximum absolute atomic E-state index is 5.81. The molecule has 66 valence electrons. The van der Waals surface area contributed by atoms with Crippen LogP contribution in [0, 0.1) is 0 Å². The van der Waals surface area contributed by atoms with E-state index in [-0.39, 0.29) is 5.66 Å². The topological polar surface area (TPSA) is 50.1 Å². The van der Waals surface area contributed by atoms with Gasteiger partial charge >= 0.3 is 0 Å². The predicted octanol–water partition coefficient (Wildman–Crippen LogP) is 0.0228. The van der Waals surface area contributed by atoms with Crippen molar-refractivity contribution in [3.8, 4) is 0 Å². The smallest absolute Gasteiger partial charge is 0.0683 e. The molecule has 0 aromatic rings. The molecule has 0 amide bonds. The summed E-state index contributed by atoms with van der Waals surface area (Å²) in [6.07, 6.45) is 4.53. The average Bonchev–Trinajstić information content (AvgIpc) is 2.07. The molecule has 1 aliphatic rings. The van der Waals surface area contributed by atoms with Gasteiger partial charge in [-0.2, -0.15) is 0 Å². The van der Waals surface area contributed by atoms with Crippen LogP contribution in [0.3, 0.4) is 0 Å². The lowest BCUT2D eigenvalue weighted by molar-refractivity contribution is 0.194. The summed E-state index contributed by atoms with van der Waals surface area (Å²) in [4.78, 5) is 0. The van der Waals surface area contributed by atoms with Crippen LogP contribution < -0.4 is 16.4 Å². The van der Waals surface area contributed by atoms with Crippen molar-refractivity contribution in [1.29, 1.82) is 0 Å². The zero-order valence-corrected chi connectivity index (χ0v) is 7.48. The van der Waals surface area contributed by atoms with Gasteiger partial charge in [0.05, 0.1) is 5.66 Å². The van der Waals surface area contributed by atoms with E-state index in [1.165, 1.54) is 0 Å². The standard InChI is InChI=1S/C8H19N3/c1-10-8(11-2)5-3-7(9)4-6-8/h7,10-11H,3-6,9H2,1-2H3. The van der Waals surface area contributed by atoms with E-state index in [1.54, 1.807) is 0 Å². The highest BCUT2D eigenvalue weighted by Gasteiger charge is 2.30. The van der Waals surface area contributed by atoms with Crippen LogP contribution in [0.5, 0.6) is 0 Å². The predicted molar refractivity (Wildman–Crippen MR) is 47.3 cm³/mol. The summed E-state index contributed by atoms with van der Waals surface area (Å²) in [6, 6.07) is 0.421. The Morgan fingerprint density at radius 2 is 1.64 bits per heavy atom. The Morgan fingerprint density at radius 3 is 2.00 bits per heavy atom. The molecule has 11 heavy (non-hydrogen) atoms. The van der Waals surface area contributed by atoms with E-state index >= 15 is 0 Å². The van der Waals surface area contributed by atoms with Crippen LogP contribution in [0.2, 0.25) is 0 Å². The lowest BCUT2D eigenvalue weighted by Gasteiger charge is -2.39. The van der Waals surface area contributed by atoms with Gasteiger partial charge in [-0.05, 0) is 39.8 Å². The molecule has 4 N–H and O–H groups in total. The number of nitrogens with two attached hydrogens (primary N) is 1. The summed E-state index contributed by atoms with van der Waals surface area (Å²) in [5.41, 5.74) is 5.97. The van der Waals surface area contributed by atoms with Crippen molar-refractivity contribution < 1.29 is 0 Å². The zero-order valence-electron chi connectivity index (χ0n) is 7.48. The van der Waals surface area contributed by atoms with Crippen LogP contribution in [-0.4, -0.2) is 25.8 Å². The molecule has 1 rings (SSSR count). The first kappa shape index (κ1) is 8.97. The fraction of sp³-hybridized carbons (Fsp3) is 1.00. The third-order valence-corrected chi connectivity index (χ3v) is 2.84. The van der Waals surface area contributed by atoms with Crippen molar-refractivity contribution in [2.45, 2.75) is 37.4 Å². The molecule has 3 nitrogen and oxygen atoms in total. The maximum Gasteiger partial charge on any atom is 0.0683 e. The third-order valence-electron chi connectivity index (χ3n) is 2.84. The monoisotopic (exact) mass is 157 g/mol. The van der Waals surface area contributed by atoms with Crippen LogP contribution in [-0.2, 0) is 0 Å². The fourth-order valence-corrected chi connectivity index (χ4v) is 1.76. The number of hydrogen-bond acceptors (Lipinski definition) is 3. The summed E-state index contributed by atoms with van der Waals surface area (Å²) in [7, 11) is 4.01. The van der Waals surface area contributed by atoms with Crippen molar-refractivity contribution in [2.75, 3.05) is 14.1 Å². The molecule has 0 saturated heterocycles. The minimum atomic E-state index is 0.163. The van der Waals surface area contributed by atoms with Gasteiger partial charge in [0.2, 0.25) is 0 Å². The maximum atomic E-state index is 5.81. The third kappa shape index (κ3) is 1.92. The Balaban J connectivity index is 2.45. The van der Waals surface area contributed by atoms with Gasteiger partial charge in [0, 0.05) is 6.04 Å². The van der Waals surface area contributed by atoms with Gasteiger partial charge in [-0.25, -0.2) is 0 Å². The molecular weight excluding hydrogens is 138 g/mol. The second kappa shape index (κ2) is 3.52. The van der Waals surface area contributed by atoms with Gasteiger partial charge in [0.1, 0.15) is 0 Å². The first-order valence-corrected chi connectivity index (χ1v) is 4.36. The van der Waals surface area contributed by atoms with Crippen LogP contribution >= 0.6 is 0 Å². The molecule has 0 heterocycles. The summed E-state index contributed by atoms with van der Waals surface area (Å²) in [5, 5.41) is 6.64. The number of rotatable bonds is 2. The molecule has 1 fully saturated rings. The van der Waals surface area contributed by atoms with Gasteiger partial charge in [0.15, 0.2) is 0 Å². The van der Waals surface area contributed by atoms with Gasteiger partial charge in [-0.15, -0.1) is 0 Å². The zero-order chi connectivity index (χ0) is 8.32. The van der Waals surface area contributed by atoms with Crippen molar-refractivity contribution >= 4 is 0 Å². The molecule has 0 bridgehead atoms. The first-order valence-electron chi connectivity index (χ1n) is 4.36. The Hall–Kier alpha value is -0.120. The molecular formula is C8H19N3. The van der Waals surface area contributed by atoms with E-state index in [2.05, 4.69) is 10.6 Å². The average molecular weight is 157 g/mol. The number of hydrogen-bond donors (Lipinski definition) is 3. The van der Waals surface area contributed by atoms with E-state index in [9.17, 15) is 0 Å². The number of nitrogens with one attached hydrogen (secondary N) is 2. The molecule has 0 aromatic carbocycles. The lowest BCUT2D eigenvalue weighted by atomic mass is 9.86. The highest BCUT2D eigenvalue weighted by molar-refractivity contribution is 4.89. The molecule has 0 atom stereocenters. The van der Waals surface area contributed by atoms with E-state index < -0.39 is 0 Å². The molecule has 0 radical (unpaired) electrons. The minimum Gasteiger partial charge on any atom is -0.328 e. The highest BCUT2D eigenvalue weighted by Crippen LogP contribution is 2.24. The van der Waals surface area contributed by atoms with Gasteiger partial charge in [-0.3, -0.25) is 0 Å². The second-order valence-electron chi connectivity index (χ2n) is 3.42. The van der Waals surface area contributed by atoms with E-state index in [4.69, 9.17) is 5.73 Å². The summed E-state index contributed by atoms with van der Waals surface area (Å²) >= 11 is 0. The molecule has 1 aliphatic carbocycles. The Bertz CT molecular complexity index is 111. The Kier molecular flexibility index (Phi) is 2.87. The first-order chi connectivity index (χ1) is 5.22. The van der Waals surface area contributed by atoms with Crippen LogP contribution in [0.25, 0.3) is 0 Å². The van der Waals surface area contributed by atoms with E-state index in [0.717, 1.165) is 25.7 Å². The summed E-state index contributed by atoms with van der Waals surface area (Å²) in [5.74, 6) is 0.